The Kier molecular flexibility index (Phi) is 3.87. The van der Waals surface area contributed by atoms with Crippen LogP contribution in [0.1, 0.15) is 35.8 Å². The molecule has 3 rings (SSSR count). The fourth-order valence-electron chi connectivity index (χ4n) is 2.91. The van der Waals surface area contributed by atoms with Crippen molar-refractivity contribution in [1.29, 1.82) is 0 Å². The summed E-state index contributed by atoms with van der Waals surface area (Å²) in [5.74, 6) is -0.988. The van der Waals surface area contributed by atoms with Crippen molar-refractivity contribution in [2.75, 3.05) is 26.3 Å². The molecule has 2 atom stereocenters. The number of piperidine rings is 1. The SMILES string of the molecule is O=C(O)c1cn(C2CCCN(C(=O)C3CCOC3)C2)nn1. The fourth-order valence-corrected chi connectivity index (χ4v) is 2.91. The molecule has 3 heterocycles. The molecule has 1 aromatic heterocycles. The molecule has 8 heteroatoms. The molecule has 2 aliphatic rings. The average Bonchev–Trinajstić information content (AvgIpc) is 3.18. The predicted octanol–water partition coefficient (Wildman–Crippen LogP) is 0.176. The van der Waals surface area contributed by atoms with Crippen molar-refractivity contribution in [2.45, 2.75) is 25.3 Å². The first kappa shape index (κ1) is 14.0. The molecule has 114 valence electrons. The normalized spacial score (nSPS) is 26.0. The van der Waals surface area contributed by atoms with Crippen LogP contribution < -0.4 is 0 Å². The quantitative estimate of drug-likeness (QED) is 0.854. The Morgan fingerprint density at radius 3 is 2.90 bits per heavy atom. The van der Waals surface area contributed by atoms with Crippen molar-refractivity contribution in [3.63, 3.8) is 0 Å². The van der Waals surface area contributed by atoms with E-state index in [0.29, 0.717) is 19.8 Å². The standard InChI is InChI=1S/C13H18N4O4/c18-12(9-3-5-21-8-9)16-4-1-2-10(6-16)17-7-11(13(19)20)14-15-17/h7,9-10H,1-6,8H2,(H,19,20). The number of nitrogens with zero attached hydrogens (tertiary/aromatic N) is 4. The summed E-state index contributed by atoms with van der Waals surface area (Å²) in [6, 6.07) is -0.00868. The van der Waals surface area contributed by atoms with Gasteiger partial charge >= 0.3 is 5.97 Å². The highest BCUT2D eigenvalue weighted by Crippen LogP contribution is 2.24. The Labute approximate surface area is 121 Å². The van der Waals surface area contributed by atoms with Gasteiger partial charge in [0, 0.05) is 19.7 Å². The topological polar surface area (TPSA) is 97.5 Å². The number of aromatic nitrogens is 3. The zero-order valence-electron chi connectivity index (χ0n) is 11.6. The van der Waals surface area contributed by atoms with E-state index in [0.717, 1.165) is 25.8 Å². The van der Waals surface area contributed by atoms with Gasteiger partial charge in [-0.05, 0) is 19.3 Å². The lowest BCUT2D eigenvalue weighted by Crippen LogP contribution is -2.43. The lowest BCUT2D eigenvalue weighted by Gasteiger charge is -2.33. The number of carboxylic acid groups (broad SMARTS) is 1. The number of hydrogen-bond donors (Lipinski definition) is 1. The number of ether oxygens (including phenoxy) is 1. The first-order valence-corrected chi connectivity index (χ1v) is 7.17. The van der Waals surface area contributed by atoms with E-state index in [1.165, 1.54) is 6.20 Å². The number of likely N-dealkylation sites (tertiary alicyclic amines) is 1. The second-order valence-corrected chi connectivity index (χ2v) is 5.53. The third-order valence-corrected chi connectivity index (χ3v) is 4.09. The molecule has 0 bridgehead atoms. The molecule has 1 N–H and O–H groups in total. The molecule has 8 nitrogen and oxygen atoms in total. The number of carboxylic acids is 1. The number of carbonyl (C=O) groups excluding carboxylic acids is 1. The molecular formula is C13H18N4O4. The van der Waals surface area contributed by atoms with Crippen LogP contribution in [0.25, 0.3) is 0 Å². The molecule has 2 unspecified atom stereocenters. The molecule has 0 spiro atoms. The van der Waals surface area contributed by atoms with Crippen molar-refractivity contribution >= 4 is 11.9 Å². The third-order valence-electron chi connectivity index (χ3n) is 4.09. The minimum atomic E-state index is -1.09. The summed E-state index contributed by atoms with van der Waals surface area (Å²) >= 11 is 0. The molecule has 0 aliphatic carbocycles. The third kappa shape index (κ3) is 2.90. The summed E-state index contributed by atoms with van der Waals surface area (Å²) in [5.41, 5.74) is -0.0670. The Hall–Kier alpha value is -1.96. The first-order valence-electron chi connectivity index (χ1n) is 7.17. The molecule has 0 saturated carbocycles. The van der Waals surface area contributed by atoms with Crippen molar-refractivity contribution in [2.24, 2.45) is 5.92 Å². The molecular weight excluding hydrogens is 276 g/mol. The molecule has 1 aromatic rings. The van der Waals surface area contributed by atoms with Crippen LogP contribution in [0.3, 0.4) is 0 Å². The Bertz CT molecular complexity index is 538. The lowest BCUT2D eigenvalue weighted by molar-refractivity contribution is -0.137. The minimum Gasteiger partial charge on any atom is -0.476 e. The summed E-state index contributed by atoms with van der Waals surface area (Å²) in [7, 11) is 0. The predicted molar refractivity (Wildman–Crippen MR) is 70.8 cm³/mol. The van der Waals surface area contributed by atoms with Crippen molar-refractivity contribution in [3.8, 4) is 0 Å². The van der Waals surface area contributed by atoms with Gasteiger partial charge in [-0.1, -0.05) is 5.21 Å². The van der Waals surface area contributed by atoms with E-state index in [2.05, 4.69) is 10.3 Å². The smallest absolute Gasteiger partial charge is 0.358 e. The summed E-state index contributed by atoms with van der Waals surface area (Å²) < 4.78 is 6.83. The molecule has 2 saturated heterocycles. The Balaban J connectivity index is 1.67. The van der Waals surface area contributed by atoms with Crippen LogP contribution in [0.5, 0.6) is 0 Å². The average molecular weight is 294 g/mol. The van der Waals surface area contributed by atoms with Crippen molar-refractivity contribution in [1.82, 2.24) is 19.9 Å². The number of carbonyl (C=O) groups is 2. The van der Waals surface area contributed by atoms with Crippen LogP contribution in [-0.2, 0) is 9.53 Å². The van der Waals surface area contributed by atoms with E-state index in [1.807, 2.05) is 4.90 Å². The van der Waals surface area contributed by atoms with Crippen molar-refractivity contribution in [3.05, 3.63) is 11.9 Å². The highest BCUT2D eigenvalue weighted by Gasteiger charge is 2.32. The highest BCUT2D eigenvalue weighted by atomic mass is 16.5. The van der Waals surface area contributed by atoms with E-state index in [1.54, 1.807) is 4.68 Å². The van der Waals surface area contributed by atoms with Crippen LogP contribution in [0.2, 0.25) is 0 Å². The van der Waals surface area contributed by atoms with Crippen LogP contribution in [0.15, 0.2) is 6.20 Å². The maximum atomic E-state index is 12.4. The van der Waals surface area contributed by atoms with Gasteiger partial charge in [-0.25, -0.2) is 9.48 Å². The lowest BCUT2D eigenvalue weighted by atomic mass is 10.0. The van der Waals surface area contributed by atoms with Gasteiger partial charge in [0.1, 0.15) is 0 Å². The van der Waals surface area contributed by atoms with Crippen LogP contribution >= 0.6 is 0 Å². The van der Waals surface area contributed by atoms with E-state index in [4.69, 9.17) is 9.84 Å². The molecule has 2 aliphatic heterocycles. The highest BCUT2D eigenvalue weighted by molar-refractivity contribution is 5.84. The van der Waals surface area contributed by atoms with Gasteiger partial charge in [0.25, 0.3) is 0 Å². The monoisotopic (exact) mass is 294 g/mol. The summed E-state index contributed by atoms with van der Waals surface area (Å²) in [4.78, 5) is 25.1. The second-order valence-electron chi connectivity index (χ2n) is 5.53. The van der Waals surface area contributed by atoms with Gasteiger partial charge in [-0.3, -0.25) is 4.79 Å². The molecule has 1 amide bonds. The molecule has 2 fully saturated rings. The van der Waals surface area contributed by atoms with Crippen LogP contribution in [-0.4, -0.2) is 63.2 Å². The van der Waals surface area contributed by atoms with Crippen molar-refractivity contribution < 1.29 is 19.4 Å². The van der Waals surface area contributed by atoms with Gasteiger partial charge in [-0.15, -0.1) is 5.10 Å². The van der Waals surface area contributed by atoms with Gasteiger partial charge in [-0.2, -0.15) is 0 Å². The van der Waals surface area contributed by atoms with E-state index in [-0.39, 0.29) is 23.6 Å². The molecule has 0 aromatic carbocycles. The Morgan fingerprint density at radius 2 is 2.24 bits per heavy atom. The van der Waals surface area contributed by atoms with E-state index >= 15 is 0 Å². The van der Waals surface area contributed by atoms with E-state index in [9.17, 15) is 9.59 Å². The number of amides is 1. The number of hydrogen-bond acceptors (Lipinski definition) is 5. The van der Waals surface area contributed by atoms with Gasteiger partial charge in [0.15, 0.2) is 5.69 Å². The summed E-state index contributed by atoms with van der Waals surface area (Å²) in [6.07, 6.45) is 3.96. The van der Waals surface area contributed by atoms with Gasteiger partial charge < -0.3 is 14.7 Å². The fraction of sp³-hybridized carbons (Fsp3) is 0.692. The van der Waals surface area contributed by atoms with Gasteiger partial charge in [0.05, 0.1) is 24.8 Å². The zero-order chi connectivity index (χ0) is 14.8. The van der Waals surface area contributed by atoms with Crippen LogP contribution in [0.4, 0.5) is 0 Å². The first-order chi connectivity index (χ1) is 10.1. The maximum absolute atomic E-state index is 12.4. The maximum Gasteiger partial charge on any atom is 0.358 e. The zero-order valence-corrected chi connectivity index (χ0v) is 11.6. The summed E-state index contributed by atoms with van der Waals surface area (Å²) in [5, 5.41) is 16.4. The minimum absolute atomic E-state index is 0.00868. The number of rotatable bonds is 3. The Morgan fingerprint density at radius 1 is 1.38 bits per heavy atom. The van der Waals surface area contributed by atoms with E-state index < -0.39 is 5.97 Å². The number of aromatic carboxylic acids is 1. The largest absolute Gasteiger partial charge is 0.476 e. The molecule has 0 radical (unpaired) electrons. The van der Waals surface area contributed by atoms with Crippen LogP contribution in [0, 0.1) is 5.92 Å². The van der Waals surface area contributed by atoms with Gasteiger partial charge in [0.2, 0.25) is 5.91 Å². The second kappa shape index (κ2) is 5.80. The molecule has 21 heavy (non-hydrogen) atoms. The summed E-state index contributed by atoms with van der Waals surface area (Å²) in [6.45, 7) is 2.45.